The van der Waals surface area contributed by atoms with Crippen LogP contribution in [0.3, 0.4) is 0 Å². The largest absolute Gasteiger partial charge is 0.461 e. The Bertz CT molecular complexity index is 1030. The second-order valence-corrected chi connectivity index (χ2v) is 8.54. The van der Waals surface area contributed by atoms with Gasteiger partial charge >= 0.3 is 11.6 Å². The Labute approximate surface area is 168 Å². The van der Waals surface area contributed by atoms with Crippen molar-refractivity contribution in [2.45, 2.75) is 51.6 Å². The van der Waals surface area contributed by atoms with Crippen molar-refractivity contribution in [2.75, 3.05) is 13.1 Å². The van der Waals surface area contributed by atoms with Crippen LogP contribution >= 0.6 is 0 Å². The molecule has 1 aromatic heterocycles. The molecule has 0 radical (unpaired) electrons. The van der Waals surface area contributed by atoms with Crippen LogP contribution in [0.4, 0.5) is 0 Å². The predicted molar refractivity (Wildman–Crippen MR) is 106 cm³/mol. The minimum atomic E-state index is -0.423. The van der Waals surface area contributed by atoms with Crippen molar-refractivity contribution >= 4 is 22.8 Å². The predicted octanol–water partition coefficient (Wildman–Crippen LogP) is 2.97. The van der Waals surface area contributed by atoms with Crippen LogP contribution in [0.25, 0.3) is 11.0 Å². The van der Waals surface area contributed by atoms with Gasteiger partial charge < -0.3 is 14.1 Å². The van der Waals surface area contributed by atoms with E-state index in [2.05, 4.69) is 6.07 Å². The van der Waals surface area contributed by atoms with E-state index in [4.69, 9.17) is 9.15 Å². The first-order valence-corrected chi connectivity index (χ1v) is 10.6. The topological polar surface area (TPSA) is 76.8 Å². The van der Waals surface area contributed by atoms with E-state index in [1.54, 1.807) is 0 Å². The minimum Gasteiger partial charge on any atom is -0.461 e. The van der Waals surface area contributed by atoms with Gasteiger partial charge in [-0.25, -0.2) is 4.79 Å². The summed E-state index contributed by atoms with van der Waals surface area (Å²) in [5, 5.41) is 0.850. The number of fused-ring (bicyclic) bond motifs is 2. The Morgan fingerprint density at radius 2 is 1.72 bits per heavy atom. The van der Waals surface area contributed by atoms with E-state index < -0.39 is 5.63 Å². The van der Waals surface area contributed by atoms with Gasteiger partial charge in [-0.05, 0) is 68.2 Å². The third-order valence-corrected chi connectivity index (χ3v) is 6.48. The second kappa shape index (κ2) is 7.32. The molecule has 2 aliphatic carbocycles. The number of esters is 1. The first kappa shape index (κ1) is 18.4. The molecule has 1 aromatic carbocycles. The lowest BCUT2D eigenvalue weighted by Crippen LogP contribution is -2.41. The molecule has 1 saturated carbocycles. The lowest BCUT2D eigenvalue weighted by atomic mass is 9.96. The van der Waals surface area contributed by atoms with Gasteiger partial charge in [0, 0.05) is 36.0 Å². The van der Waals surface area contributed by atoms with Gasteiger partial charge in [0.1, 0.15) is 12.2 Å². The van der Waals surface area contributed by atoms with E-state index in [9.17, 15) is 14.4 Å². The fraction of sp³-hybridized carbons (Fsp3) is 0.522. The van der Waals surface area contributed by atoms with Crippen molar-refractivity contribution in [3.8, 4) is 0 Å². The maximum absolute atomic E-state index is 12.6. The molecular weight excluding hydrogens is 370 g/mol. The van der Waals surface area contributed by atoms with Gasteiger partial charge in [0.2, 0.25) is 5.91 Å². The summed E-state index contributed by atoms with van der Waals surface area (Å²) >= 11 is 0. The highest BCUT2D eigenvalue weighted by molar-refractivity contribution is 5.83. The molecule has 0 atom stereocenters. The minimum absolute atomic E-state index is 0.0704. The smallest absolute Gasteiger partial charge is 0.336 e. The lowest BCUT2D eigenvalue weighted by Gasteiger charge is -2.31. The summed E-state index contributed by atoms with van der Waals surface area (Å²) < 4.78 is 11.0. The van der Waals surface area contributed by atoms with E-state index in [-0.39, 0.29) is 30.3 Å². The van der Waals surface area contributed by atoms with Crippen LogP contribution < -0.4 is 5.63 Å². The molecule has 1 aliphatic heterocycles. The third kappa shape index (κ3) is 3.68. The second-order valence-electron chi connectivity index (χ2n) is 8.54. The monoisotopic (exact) mass is 395 g/mol. The van der Waals surface area contributed by atoms with Gasteiger partial charge in [0.05, 0.1) is 5.92 Å². The lowest BCUT2D eigenvalue weighted by molar-refractivity contribution is -0.153. The van der Waals surface area contributed by atoms with Crippen molar-refractivity contribution in [1.82, 2.24) is 4.90 Å². The fourth-order valence-electron chi connectivity index (χ4n) is 4.60. The number of carbonyl (C=O) groups excluding carboxylic acids is 2. The maximum Gasteiger partial charge on any atom is 0.336 e. The zero-order valence-corrected chi connectivity index (χ0v) is 16.4. The number of carbonyl (C=O) groups is 2. The van der Waals surface area contributed by atoms with E-state index in [0.717, 1.165) is 37.5 Å². The van der Waals surface area contributed by atoms with Crippen molar-refractivity contribution in [1.29, 1.82) is 0 Å². The van der Waals surface area contributed by atoms with E-state index in [1.165, 1.54) is 17.2 Å². The summed E-state index contributed by atoms with van der Waals surface area (Å²) in [6, 6.07) is 5.45. The Kier molecular flexibility index (Phi) is 4.64. The summed E-state index contributed by atoms with van der Waals surface area (Å²) in [7, 11) is 0. The molecule has 0 N–H and O–H groups in total. The molecule has 2 aromatic rings. The zero-order valence-electron chi connectivity index (χ0n) is 16.4. The molecule has 0 bridgehead atoms. The van der Waals surface area contributed by atoms with Crippen molar-refractivity contribution < 1.29 is 18.7 Å². The molecular formula is C23H25NO5. The third-order valence-electron chi connectivity index (χ3n) is 6.48. The summed E-state index contributed by atoms with van der Waals surface area (Å²) in [5.74, 6) is 0.0322. The van der Waals surface area contributed by atoms with Crippen LogP contribution in [0.1, 0.15) is 48.8 Å². The molecule has 29 heavy (non-hydrogen) atoms. The van der Waals surface area contributed by atoms with E-state index >= 15 is 0 Å². The summed E-state index contributed by atoms with van der Waals surface area (Å²) in [6.07, 6.45) is 6.44. The number of amides is 1. The van der Waals surface area contributed by atoms with Crippen LogP contribution in [0.15, 0.2) is 27.4 Å². The number of rotatable bonds is 4. The highest BCUT2D eigenvalue weighted by Crippen LogP contribution is 2.33. The number of aryl methyl sites for hydroxylation is 2. The van der Waals surface area contributed by atoms with E-state index in [1.807, 2.05) is 11.0 Å². The molecule has 3 aliphatic rings. The van der Waals surface area contributed by atoms with Crippen LogP contribution in [0.5, 0.6) is 0 Å². The van der Waals surface area contributed by atoms with Gasteiger partial charge in [-0.15, -0.1) is 0 Å². The van der Waals surface area contributed by atoms with Gasteiger partial charge in [0.25, 0.3) is 0 Å². The number of hydrogen-bond acceptors (Lipinski definition) is 5. The Morgan fingerprint density at radius 3 is 2.45 bits per heavy atom. The highest BCUT2D eigenvalue weighted by Gasteiger charge is 2.36. The van der Waals surface area contributed by atoms with Crippen molar-refractivity contribution in [3.05, 3.63) is 45.3 Å². The van der Waals surface area contributed by atoms with Gasteiger partial charge in [-0.3, -0.25) is 9.59 Å². The number of hydrogen-bond donors (Lipinski definition) is 0. The summed E-state index contributed by atoms with van der Waals surface area (Å²) in [5.41, 5.74) is 3.36. The molecule has 2 fully saturated rings. The standard InChI is InChI=1S/C23H25NO5/c25-21-12-18(19-10-16-2-1-3-17(16)11-20(19)29-21)13-28-23(27)15-6-8-24(9-7-15)22(26)14-4-5-14/h10-12,14-15H,1-9,13H2. The molecule has 152 valence electrons. The Hall–Kier alpha value is -2.63. The van der Waals surface area contributed by atoms with Gasteiger partial charge in [0.15, 0.2) is 0 Å². The number of likely N-dealkylation sites (tertiary alicyclic amines) is 1. The van der Waals surface area contributed by atoms with Crippen molar-refractivity contribution in [3.63, 3.8) is 0 Å². The molecule has 6 nitrogen and oxygen atoms in total. The zero-order chi connectivity index (χ0) is 20.0. The first-order chi connectivity index (χ1) is 14.1. The normalized spacial score (nSPS) is 19.4. The number of nitrogens with zero attached hydrogens (tertiary/aromatic N) is 1. The van der Waals surface area contributed by atoms with Crippen LogP contribution in [-0.4, -0.2) is 29.9 Å². The quantitative estimate of drug-likeness (QED) is 0.588. The SMILES string of the molecule is O=C(OCc1cc(=O)oc2cc3c(cc12)CCC3)C1CCN(C(=O)C2CC2)CC1. The molecule has 0 unspecified atom stereocenters. The Balaban J connectivity index is 1.25. The van der Waals surface area contributed by atoms with Crippen LogP contribution in [0, 0.1) is 11.8 Å². The van der Waals surface area contributed by atoms with Crippen molar-refractivity contribution in [2.24, 2.45) is 11.8 Å². The maximum atomic E-state index is 12.6. The summed E-state index contributed by atoms with van der Waals surface area (Å²) in [4.78, 5) is 38.6. The summed E-state index contributed by atoms with van der Waals surface area (Å²) in [6.45, 7) is 1.32. The average molecular weight is 395 g/mol. The highest BCUT2D eigenvalue weighted by atomic mass is 16.5. The Morgan fingerprint density at radius 1 is 1.00 bits per heavy atom. The molecule has 5 rings (SSSR count). The first-order valence-electron chi connectivity index (χ1n) is 10.6. The molecule has 0 spiro atoms. The average Bonchev–Trinajstić information content (AvgIpc) is 3.48. The van der Waals surface area contributed by atoms with E-state index in [0.29, 0.717) is 37.1 Å². The number of benzene rings is 1. The molecule has 1 saturated heterocycles. The number of piperidine rings is 1. The number of ether oxygens (including phenoxy) is 1. The van der Waals surface area contributed by atoms with Crippen LogP contribution in [-0.2, 0) is 33.8 Å². The molecule has 6 heteroatoms. The molecule has 1 amide bonds. The van der Waals surface area contributed by atoms with Gasteiger partial charge in [-0.2, -0.15) is 0 Å². The molecule has 2 heterocycles. The van der Waals surface area contributed by atoms with Gasteiger partial charge in [-0.1, -0.05) is 0 Å². The van der Waals surface area contributed by atoms with Crippen LogP contribution in [0.2, 0.25) is 0 Å². The fourth-order valence-corrected chi connectivity index (χ4v) is 4.60.